The van der Waals surface area contributed by atoms with Crippen molar-refractivity contribution in [2.75, 3.05) is 52.9 Å². The van der Waals surface area contributed by atoms with Crippen molar-refractivity contribution in [2.24, 2.45) is 10.8 Å². The third-order valence-electron chi connectivity index (χ3n) is 2.68. The van der Waals surface area contributed by atoms with Crippen LogP contribution in [0, 0.1) is 10.8 Å². The molecule has 22 heavy (non-hydrogen) atoms. The molecule has 11 nitrogen and oxygen atoms in total. The summed E-state index contributed by atoms with van der Waals surface area (Å²) in [5, 5.41) is 89.5. The Labute approximate surface area is 128 Å². The van der Waals surface area contributed by atoms with Gasteiger partial charge < -0.3 is 55.9 Å². The van der Waals surface area contributed by atoms with Crippen molar-refractivity contribution < 1.29 is 55.9 Å². The van der Waals surface area contributed by atoms with Crippen LogP contribution in [0.1, 0.15) is 0 Å². The van der Waals surface area contributed by atoms with Crippen LogP contribution in [0.15, 0.2) is 0 Å². The highest BCUT2D eigenvalue weighted by molar-refractivity contribution is 6.30. The topological polar surface area (TPSA) is 223 Å². The molecule has 0 atom stereocenters. The molecule has 0 heterocycles. The van der Waals surface area contributed by atoms with Crippen molar-refractivity contribution in [1.29, 1.82) is 0 Å². The van der Waals surface area contributed by atoms with E-state index in [0.29, 0.717) is 0 Å². The van der Waals surface area contributed by atoms with Gasteiger partial charge in [0.05, 0.1) is 63.7 Å². The molecule has 0 saturated heterocycles. The Morgan fingerprint density at radius 1 is 0.409 bits per heavy atom. The Morgan fingerprint density at radius 2 is 0.500 bits per heavy atom. The molecule has 0 spiro atoms. The van der Waals surface area contributed by atoms with Gasteiger partial charge in [-0.25, -0.2) is 0 Å². The van der Waals surface area contributed by atoms with E-state index < -0.39 is 71.0 Å². The zero-order valence-electron chi connectivity index (χ0n) is 12.2. The number of rotatable bonds is 8. The minimum atomic E-state index is -2.17. The summed E-state index contributed by atoms with van der Waals surface area (Å²) < 4.78 is 0. The zero-order chi connectivity index (χ0) is 18.2. The van der Waals surface area contributed by atoms with Crippen LogP contribution >= 0.6 is 0 Å². The molecule has 0 unspecified atom stereocenters. The average Bonchev–Trinajstić information content (AvgIpc) is 2.53. The molecule has 0 aliphatic heterocycles. The van der Waals surface area contributed by atoms with Gasteiger partial charge in [0, 0.05) is 0 Å². The van der Waals surface area contributed by atoms with Gasteiger partial charge in [-0.15, -0.1) is 0 Å². The van der Waals surface area contributed by atoms with Crippen LogP contribution in [0.2, 0.25) is 0 Å². The van der Waals surface area contributed by atoms with Gasteiger partial charge in [0.15, 0.2) is 0 Å². The summed E-state index contributed by atoms with van der Waals surface area (Å²) >= 11 is 0. The van der Waals surface area contributed by atoms with Gasteiger partial charge in [-0.05, 0) is 0 Å². The molecule has 0 fully saturated rings. The first-order valence-corrected chi connectivity index (χ1v) is 6.13. The molecule has 0 bridgehead atoms. The molecule has 0 aromatic rings. The summed E-state index contributed by atoms with van der Waals surface area (Å²) in [6.07, 6.45) is 0. The lowest BCUT2D eigenvalue weighted by Crippen LogP contribution is -2.37. The van der Waals surface area contributed by atoms with Gasteiger partial charge in [0.2, 0.25) is 0 Å². The quantitative estimate of drug-likeness (QED) is 0.187. The smallest absolute Gasteiger partial charge is 0.402 e. The van der Waals surface area contributed by atoms with E-state index in [1.807, 2.05) is 0 Å². The lowest BCUT2D eigenvalue weighted by molar-refractivity contribution is -0.0332. The van der Waals surface area contributed by atoms with Crippen molar-refractivity contribution in [3.63, 3.8) is 0 Å². The van der Waals surface area contributed by atoms with Crippen LogP contribution in [0.5, 0.6) is 0 Å². The van der Waals surface area contributed by atoms with Crippen molar-refractivity contribution in [1.82, 2.24) is 0 Å². The number of hydrogen-bond donors (Lipinski definition) is 11. The fourth-order valence-corrected chi connectivity index (χ4v) is 0.600. The Bertz CT molecular complexity index is 163. The van der Waals surface area contributed by atoms with Crippen LogP contribution in [0.4, 0.5) is 0 Å². The third-order valence-corrected chi connectivity index (χ3v) is 2.68. The van der Waals surface area contributed by atoms with Gasteiger partial charge in [0.1, 0.15) is 0 Å². The zero-order valence-corrected chi connectivity index (χ0v) is 12.2. The van der Waals surface area contributed by atoms with E-state index in [1.165, 1.54) is 0 Å². The fourth-order valence-electron chi connectivity index (χ4n) is 0.600. The van der Waals surface area contributed by atoms with Crippen LogP contribution < -0.4 is 0 Å². The first-order valence-electron chi connectivity index (χ1n) is 6.13. The van der Waals surface area contributed by atoms with Gasteiger partial charge in [-0.2, -0.15) is 0 Å². The summed E-state index contributed by atoms with van der Waals surface area (Å²) in [6, 6.07) is 0. The second kappa shape index (κ2) is 15.5. The SMILES string of the molecule is OB(O)O.OCC(CO)(CO)CO.OCC(CO)(CO)CO. The molecule has 11 N–H and O–H groups in total. The van der Waals surface area contributed by atoms with Gasteiger partial charge in [0.25, 0.3) is 0 Å². The Hall–Kier alpha value is -0.375. The highest BCUT2D eigenvalue weighted by Crippen LogP contribution is 2.12. The maximum absolute atomic E-state index is 8.50. The minimum Gasteiger partial charge on any atom is -0.402 e. The second-order valence-corrected chi connectivity index (χ2v) is 4.61. The molecule has 0 aliphatic rings. The number of aliphatic hydroxyl groups is 8. The summed E-state index contributed by atoms with van der Waals surface area (Å²) in [7, 11) is -2.17. The van der Waals surface area contributed by atoms with E-state index in [1.54, 1.807) is 0 Å². The molecule has 0 radical (unpaired) electrons. The Morgan fingerprint density at radius 3 is 0.500 bits per heavy atom. The first-order chi connectivity index (χ1) is 10.2. The standard InChI is InChI=1S/2C5H12O4.BH3O3/c2*6-1-5(2-7,3-8)4-9;2-1(3)4/h2*6-9H,1-4H2;2-4H. The highest BCUT2D eigenvalue weighted by atomic mass is 16.5. The second-order valence-electron chi connectivity index (χ2n) is 4.61. The highest BCUT2D eigenvalue weighted by Gasteiger charge is 2.27. The van der Waals surface area contributed by atoms with Crippen LogP contribution in [0.3, 0.4) is 0 Å². The third kappa shape index (κ3) is 12.2. The van der Waals surface area contributed by atoms with Crippen molar-refractivity contribution >= 4 is 7.32 Å². The van der Waals surface area contributed by atoms with E-state index in [2.05, 4.69) is 0 Å². The fraction of sp³-hybridized carbons (Fsp3) is 1.00. The maximum Gasteiger partial charge on any atom is 0.631 e. The Kier molecular flexibility index (Phi) is 18.7. The summed E-state index contributed by atoms with van der Waals surface area (Å²) in [5.74, 6) is 0. The average molecular weight is 334 g/mol. The minimum absolute atomic E-state index is 0.406. The summed E-state index contributed by atoms with van der Waals surface area (Å²) in [5.41, 5.74) is -2.22. The van der Waals surface area contributed by atoms with Crippen molar-refractivity contribution in [3.8, 4) is 0 Å². The van der Waals surface area contributed by atoms with Crippen LogP contribution in [0.25, 0.3) is 0 Å². The van der Waals surface area contributed by atoms with E-state index in [-0.39, 0.29) is 0 Å². The normalized spacial score (nSPS) is 11.0. The molecule has 0 aromatic heterocycles. The van der Waals surface area contributed by atoms with E-state index in [0.717, 1.165) is 0 Å². The van der Waals surface area contributed by atoms with Gasteiger partial charge >= 0.3 is 7.32 Å². The molecule has 0 saturated carbocycles. The van der Waals surface area contributed by atoms with E-state index >= 15 is 0 Å². The predicted octanol–water partition coefficient (Wildman–Crippen LogP) is -6.17. The molecule has 0 aliphatic carbocycles. The van der Waals surface area contributed by atoms with E-state index in [9.17, 15) is 0 Å². The lowest BCUT2D eigenvalue weighted by atomic mass is 9.93. The van der Waals surface area contributed by atoms with E-state index in [4.69, 9.17) is 55.9 Å². The van der Waals surface area contributed by atoms with Gasteiger partial charge in [-0.1, -0.05) is 0 Å². The number of hydrogen-bond acceptors (Lipinski definition) is 11. The molecule has 0 aromatic carbocycles. The molecule has 0 amide bonds. The van der Waals surface area contributed by atoms with Crippen molar-refractivity contribution in [2.45, 2.75) is 0 Å². The molecule has 136 valence electrons. The Balaban J connectivity index is -0.000000266. The summed E-state index contributed by atoms with van der Waals surface area (Å²) in [6.45, 7) is -3.25. The molecule has 0 rings (SSSR count). The van der Waals surface area contributed by atoms with Crippen LogP contribution in [-0.2, 0) is 0 Å². The largest absolute Gasteiger partial charge is 0.631 e. The monoisotopic (exact) mass is 334 g/mol. The maximum atomic E-state index is 8.50. The first kappa shape index (κ1) is 26.5. The van der Waals surface area contributed by atoms with Crippen molar-refractivity contribution in [3.05, 3.63) is 0 Å². The number of aliphatic hydroxyl groups excluding tert-OH is 8. The molecule has 12 heteroatoms. The molecular weight excluding hydrogens is 307 g/mol. The molecular formula is C10H27BO11. The van der Waals surface area contributed by atoms with Gasteiger partial charge in [-0.3, -0.25) is 0 Å². The summed E-state index contributed by atoms with van der Waals surface area (Å²) in [4.78, 5) is 0. The van der Waals surface area contributed by atoms with Crippen LogP contribution in [-0.4, -0.2) is 116 Å². The predicted molar refractivity (Wildman–Crippen MR) is 74.0 cm³/mol. The lowest BCUT2D eigenvalue weighted by Gasteiger charge is -2.23.